The van der Waals surface area contributed by atoms with Crippen LogP contribution in [0.15, 0.2) is 18.2 Å². The van der Waals surface area contributed by atoms with Gasteiger partial charge in [-0.1, -0.05) is 13.0 Å². The molecule has 0 fully saturated rings. The molecular weight excluding hydrogens is 242 g/mol. The fraction of sp³-hybridized carbons (Fsp3) is 0.455. The van der Waals surface area contributed by atoms with Gasteiger partial charge in [0.2, 0.25) is 0 Å². The third-order valence-electron chi connectivity index (χ3n) is 2.24. The first-order chi connectivity index (χ1) is 7.80. The highest BCUT2D eigenvalue weighted by Crippen LogP contribution is 2.09. The van der Waals surface area contributed by atoms with Crippen LogP contribution >= 0.6 is 0 Å². The smallest absolute Gasteiger partial charge is 0.307 e. The maximum atomic E-state index is 11.7. The molecule has 0 aliphatic rings. The highest BCUT2D eigenvalue weighted by Gasteiger charge is 2.21. The largest absolute Gasteiger partial charge is 0.481 e. The zero-order chi connectivity index (χ0) is 13.1. The Morgan fingerprint density at radius 3 is 2.65 bits per heavy atom. The Labute approximate surface area is 100 Å². The molecule has 5 nitrogen and oxygen atoms in total. The van der Waals surface area contributed by atoms with Crippen LogP contribution in [0.25, 0.3) is 0 Å². The van der Waals surface area contributed by atoms with Gasteiger partial charge in [0.15, 0.2) is 9.84 Å². The highest BCUT2D eigenvalue weighted by atomic mass is 32.2. The second-order valence-corrected chi connectivity index (χ2v) is 6.17. The van der Waals surface area contributed by atoms with E-state index < -0.39 is 21.7 Å². The van der Waals surface area contributed by atoms with Crippen LogP contribution in [0.5, 0.6) is 0 Å². The summed E-state index contributed by atoms with van der Waals surface area (Å²) in [6, 6.07) is 5.12. The number of rotatable bonds is 5. The zero-order valence-corrected chi connectivity index (χ0v) is 10.6. The van der Waals surface area contributed by atoms with E-state index in [4.69, 9.17) is 5.11 Å². The summed E-state index contributed by atoms with van der Waals surface area (Å²) in [5.41, 5.74) is 1.19. The van der Waals surface area contributed by atoms with Gasteiger partial charge < -0.3 is 5.11 Å². The summed E-state index contributed by atoms with van der Waals surface area (Å²) >= 11 is 0. The Morgan fingerprint density at radius 1 is 1.47 bits per heavy atom. The predicted octanol–water partition coefficient (Wildman–Crippen LogP) is 1.03. The van der Waals surface area contributed by atoms with Crippen molar-refractivity contribution in [2.75, 3.05) is 5.75 Å². The molecule has 6 heteroatoms. The lowest BCUT2D eigenvalue weighted by molar-refractivity contribution is -0.140. The molecule has 0 bridgehead atoms. The van der Waals surface area contributed by atoms with Crippen LogP contribution in [0, 0.1) is 12.8 Å². The molecular formula is C11H15NO4S. The third-order valence-corrected chi connectivity index (χ3v) is 3.98. The molecule has 1 rings (SSSR count). The molecule has 94 valence electrons. The lowest BCUT2D eigenvalue weighted by Gasteiger charge is -2.07. The van der Waals surface area contributed by atoms with Crippen molar-refractivity contribution in [3.8, 4) is 0 Å². The number of aryl methyl sites for hydroxylation is 1. The van der Waals surface area contributed by atoms with Crippen molar-refractivity contribution in [1.82, 2.24) is 4.98 Å². The molecule has 0 saturated carbocycles. The Morgan fingerprint density at radius 2 is 2.12 bits per heavy atom. The number of carboxylic acids is 1. The van der Waals surface area contributed by atoms with Crippen LogP contribution in [0.4, 0.5) is 0 Å². The van der Waals surface area contributed by atoms with Gasteiger partial charge in [0.1, 0.15) is 0 Å². The van der Waals surface area contributed by atoms with Crippen molar-refractivity contribution in [3.63, 3.8) is 0 Å². The van der Waals surface area contributed by atoms with E-state index in [0.29, 0.717) is 5.69 Å². The summed E-state index contributed by atoms with van der Waals surface area (Å²) in [5.74, 6) is -2.58. The number of carboxylic acid groups (broad SMARTS) is 1. The first-order valence-electron chi connectivity index (χ1n) is 5.16. The number of hydrogen-bond donors (Lipinski definition) is 1. The summed E-state index contributed by atoms with van der Waals surface area (Å²) < 4.78 is 23.4. The van der Waals surface area contributed by atoms with Gasteiger partial charge in [-0.25, -0.2) is 8.42 Å². The average molecular weight is 257 g/mol. The number of aliphatic carboxylic acids is 1. The van der Waals surface area contributed by atoms with Gasteiger partial charge in [-0.15, -0.1) is 0 Å². The van der Waals surface area contributed by atoms with E-state index in [1.54, 1.807) is 25.1 Å². The summed E-state index contributed by atoms with van der Waals surface area (Å²) in [7, 11) is -3.44. The second-order valence-electron chi connectivity index (χ2n) is 4.06. The minimum Gasteiger partial charge on any atom is -0.481 e. The van der Waals surface area contributed by atoms with Crippen LogP contribution in [0.2, 0.25) is 0 Å². The molecule has 0 aliphatic carbocycles. The first-order valence-corrected chi connectivity index (χ1v) is 6.98. The van der Waals surface area contributed by atoms with E-state index in [2.05, 4.69) is 4.98 Å². The average Bonchev–Trinajstić information content (AvgIpc) is 2.15. The maximum absolute atomic E-state index is 11.7. The molecule has 1 aromatic heterocycles. The Balaban J connectivity index is 2.77. The molecule has 1 unspecified atom stereocenters. The topological polar surface area (TPSA) is 84.3 Å². The Hall–Kier alpha value is -1.43. The third kappa shape index (κ3) is 4.52. The van der Waals surface area contributed by atoms with Gasteiger partial charge in [0.25, 0.3) is 0 Å². The van der Waals surface area contributed by atoms with Crippen molar-refractivity contribution in [2.45, 2.75) is 19.6 Å². The number of pyridine rings is 1. The summed E-state index contributed by atoms with van der Waals surface area (Å²) in [4.78, 5) is 14.7. The van der Waals surface area contributed by atoms with Crippen LogP contribution < -0.4 is 0 Å². The molecule has 1 aromatic rings. The number of hydrogen-bond acceptors (Lipinski definition) is 4. The summed E-state index contributed by atoms with van der Waals surface area (Å²) in [5, 5.41) is 8.68. The Bertz CT molecular complexity index is 510. The van der Waals surface area contributed by atoms with Crippen molar-refractivity contribution in [3.05, 3.63) is 29.6 Å². The minimum absolute atomic E-state index is 0.216. The van der Waals surface area contributed by atoms with Crippen LogP contribution in [-0.4, -0.2) is 30.2 Å². The van der Waals surface area contributed by atoms with Gasteiger partial charge in [0.05, 0.1) is 23.1 Å². The zero-order valence-electron chi connectivity index (χ0n) is 9.75. The molecule has 0 spiro atoms. The van der Waals surface area contributed by atoms with E-state index in [0.717, 1.165) is 5.69 Å². The van der Waals surface area contributed by atoms with Crippen molar-refractivity contribution in [1.29, 1.82) is 0 Å². The van der Waals surface area contributed by atoms with Crippen LogP contribution in [0.1, 0.15) is 18.3 Å². The van der Waals surface area contributed by atoms with Gasteiger partial charge in [-0.3, -0.25) is 9.78 Å². The SMILES string of the molecule is Cc1cccc(CS(=O)(=O)CC(C)C(=O)O)n1. The number of sulfone groups is 1. The van der Waals surface area contributed by atoms with Crippen molar-refractivity contribution >= 4 is 15.8 Å². The molecule has 17 heavy (non-hydrogen) atoms. The fourth-order valence-electron chi connectivity index (χ4n) is 1.42. The lowest BCUT2D eigenvalue weighted by Crippen LogP contribution is -2.22. The van der Waals surface area contributed by atoms with Crippen molar-refractivity contribution < 1.29 is 18.3 Å². The normalized spacial score (nSPS) is 13.3. The molecule has 0 amide bonds. The predicted molar refractivity (Wildman–Crippen MR) is 63.3 cm³/mol. The first kappa shape index (κ1) is 13.6. The second kappa shape index (κ2) is 5.27. The number of carbonyl (C=O) groups is 1. The summed E-state index contributed by atoms with van der Waals surface area (Å²) in [6.45, 7) is 3.15. The van der Waals surface area contributed by atoms with Gasteiger partial charge >= 0.3 is 5.97 Å². The molecule has 0 saturated heterocycles. The molecule has 0 radical (unpaired) electrons. The van der Waals surface area contributed by atoms with Crippen LogP contribution in [-0.2, 0) is 20.4 Å². The van der Waals surface area contributed by atoms with E-state index in [9.17, 15) is 13.2 Å². The fourth-order valence-corrected chi connectivity index (χ4v) is 3.05. The van der Waals surface area contributed by atoms with Gasteiger partial charge in [-0.2, -0.15) is 0 Å². The van der Waals surface area contributed by atoms with E-state index >= 15 is 0 Å². The van der Waals surface area contributed by atoms with Crippen molar-refractivity contribution in [2.24, 2.45) is 5.92 Å². The molecule has 1 N–H and O–H groups in total. The summed E-state index contributed by atoms with van der Waals surface area (Å²) in [6.07, 6.45) is 0. The number of aromatic nitrogens is 1. The quantitative estimate of drug-likeness (QED) is 0.851. The van der Waals surface area contributed by atoms with Gasteiger partial charge in [0, 0.05) is 5.69 Å². The maximum Gasteiger partial charge on any atom is 0.307 e. The van der Waals surface area contributed by atoms with E-state index in [1.807, 2.05) is 0 Å². The van der Waals surface area contributed by atoms with Gasteiger partial charge in [-0.05, 0) is 19.1 Å². The monoisotopic (exact) mass is 257 g/mol. The molecule has 1 heterocycles. The van der Waals surface area contributed by atoms with E-state index in [1.165, 1.54) is 6.92 Å². The van der Waals surface area contributed by atoms with Crippen LogP contribution in [0.3, 0.4) is 0 Å². The minimum atomic E-state index is -3.44. The number of nitrogens with zero attached hydrogens (tertiary/aromatic N) is 1. The standard InChI is InChI=1S/C11H15NO4S/c1-8(11(13)14)6-17(15,16)7-10-5-3-4-9(2)12-10/h3-5,8H,6-7H2,1-2H3,(H,13,14). The van der Waals surface area contributed by atoms with E-state index in [-0.39, 0.29) is 11.5 Å². The molecule has 1 atom stereocenters. The molecule has 0 aromatic carbocycles. The Kier molecular flexibility index (Phi) is 4.22. The lowest BCUT2D eigenvalue weighted by atomic mass is 10.2. The molecule has 0 aliphatic heterocycles. The highest BCUT2D eigenvalue weighted by molar-refractivity contribution is 7.90.